The van der Waals surface area contributed by atoms with E-state index >= 15 is 0 Å². The number of carbonyl (C=O) groups excluding carboxylic acids is 2. The van der Waals surface area contributed by atoms with Crippen LogP contribution in [0.5, 0.6) is 0 Å². The summed E-state index contributed by atoms with van der Waals surface area (Å²) in [5, 5.41) is 2.56. The molecular weight excluding hydrogens is 292 g/mol. The fourth-order valence-corrected chi connectivity index (χ4v) is 3.42. The van der Waals surface area contributed by atoms with Crippen molar-refractivity contribution in [3.8, 4) is 0 Å². The Kier molecular flexibility index (Phi) is 4.95. The normalized spacial score (nSPS) is 17.8. The minimum Gasteiger partial charge on any atom is -0.343 e. The Labute approximate surface area is 124 Å². The molecule has 0 radical (unpaired) electrons. The molecule has 1 aromatic carbocycles. The lowest BCUT2D eigenvalue weighted by Crippen LogP contribution is -2.41. The van der Waals surface area contributed by atoms with Crippen molar-refractivity contribution in [2.24, 2.45) is 0 Å². The molecule has 0 saturated carbocycles. The van der Waals surface area contributed by atoms with Crippen molar-refractivity contribution in [3.05, 3.63) is 35.9 Å². The van der Waals surface area contributed by atoms with Gasteiger partial charge in [0.1, 0.15) is 0 Å². The van der Waals surface area contributed by atoms with Crippen LogP contribution in [0.4, 0.5) is 0 Å². The largest absolute Gasteiger partial charge is 0.343 e. The maximum absolute atomic E-state index is 12.0. The van der Waals surface area contributed by atoms with Gasteiger partial charge in [0, 0.05) is 18.7 Å². The average Bonchev–Trinajstić information content (AvgIpc) is 2.66. The molecule has 0 aromatic heterocycles. The molecular formula is C14H18N2O4S. The summed E-state index contributed by atoms with van der Waals surface area (Å²) in [5.74, 6) is -0.457. The van der Waals surface area contributed by atoms with Crippen LogP contribution in [0.25, 0.3) is 0 Å². The molecule has 6 nitrogen and oxygen atoms in total. The quantitative estimate of drug-likeness (QED) is 0.856. The maximum atomic E-state index is 12.0. The van der Waals surface area contributed by atoms with Crippen LogP contribution >= 0.6 is 0 Å². The molecule has 7 heteroatoms. The molecule has 1 aliphatic rings. The average molecular weight is 310 g/mol. The minimum atomic E-state index is -3.04. The Bertz CT molecular complexity index is 613. The Morgan fingerprint density at radius 3 is 2.52 bits per heavy atom. The topological polar surface area (TPSA) is 83.6 Å². The first-order valence-electron chi connectivity index (χ1n) is 6.79. The van der Waals surface area contributed by atoms with Crippen molar-refractivity contribution < 1.29 is 18.0 Å². The first-order chi connectivity index (χ1) is 9.98. The van der Waals surface area contributed by atoms with Crippen LogP contribution in [0, 0.1) is 0 Å². The molecule has 0 atom stereocenters. The summed E-state index contributed by atoms with van der Waals surface area (Å²) in [6.45, 7) is 0.495. The molecule has 0 unspecified atom stereocenters. The van der Waals surface area contributed by atoms with Gasteiger partial charge in [-0.2, -0.15) is 0 Å². The van der Waals surface area contributed by atoms with E-state index in [0.29, 0.717) is 18.5 Å². The van der Waals surface area contributed by atoms with Gasteiger partial charge in [-0.05, 0) is 18.6 Å². The predicted octanol–water partition coefficient (Wildman–Crippen LogP) is 0.0635. The third-order valence-corrected chi connectivity index (χ3v) is 5.06. The number of rotatable bonds is 3. The lowest BCUT2D eigenvalue weighted by atomic mass is 10.2. The molecule has 1 N–H and O–H groups in total. The van der Waals surface area contributed by atoms with E-state index in [1.807, 2.05) is 0 Å². The van der Waals surface area contributed by atoms with E-state index in [9.17, 15) is 18.0 Å². The van der Waals surface area contributed by atoms with Crippen molar-refractivity contribution >= 4 is 21.7 Å². The van der Waals surface area contributed by atoms with Gasteiger partial charge in [-0.15, -0.1) is 0 Å². The maximum Gasteiger partial charge on any atom is 0.251 e. The highest BCUT2D eigenvalue weighted by Gasteiger charge is 2.22. The van der Waals surface area contributed by atoms with Gasteiger partial charge in [-0.3, -0.25) is 9.59 Å². The van der Waals surface area contributed by atoms with E-state index in [-0.39, 0.29) is 36.4 Å². The SMILES string of the molecule is O=C(NCC(=O)N1CCCS(=O)(=O)CC1)c1ccccc1. The summed E-state index contributed by atoms with van der Waals surface area (Å²) in [6, 6.07) is 8.63. The van der Waals surface area contributed by atoms with Gasteiger partial charge >= 0.3 is 0 Å². The lowest BCUT2D eigenvalue weighted by molar-refractivity contribution is -0.129. The standard InChI is InChI=1S/C14H18N2O4S/c17-13(16-7-4-9-21(19,20)10-8-16)11-15-14(18)12-5-2-1-3-6-12/h1-3,5-6H,4,7-11H2,(H,15,18). The Balaban J connectivity index is 1.86. The van der Waals surface area contributed by atoms with Crippen LogP contribution in [0.2, 0.25) is 0 Å². The van der Waals surface area contributed by atoms with Crippen LogP contribution in [0.1, 0.15) is 16.8 Å². The van der Waals surface area contributed by atoms with E-state index < -0.39 is 9.84 Å². The van der Waals surface area contributed by atoms with Crippen molar-refractivity contribution in [2.45, 2.75) is 6.42 Å². The molecule has 1 fully saturated rings. The van der Waals surface area contributed by atoms with Crippen LogP contribution in [0.3, 0.4) is 0 Å². The first kappa shape index (κ1) is 15.5. The molecule has 0 aliphatic carbocycles. The van der Waals surface area contributed by atoms with Gasteiger partial charge < -0.3 is 10.2 Å². The van der Waals surface area contributed by atoms with Gasteiger partial charge in [-0.1, -0.05) is 18.2 Å². The summed E-state index contributed by atoms with van der Waals surface area (Å²) < 4.78 is 23.0. The molecule has 0 spiro atoms. The van der Waals surface area contributed by atoms with E-state index in [1.165, 1.54) is 4.90 Å². The highest BCUT2D eigenvalue weighted by Crippen LogP contribution is 2.05. The van der Waals surface area contributed by atoms with Gasteiger partial charge in [0.2, 0.25) is 5.91 Å². The van der Waals surface area contributed by atoms with Crippen LogP contribution < -0.4 is 5.32 Å². The number of sulfone groups is 1. The van der Waals surface area contributed by atoms with E-state index in [2.05, 4.69) is 5.32 Å². The van der Waals surface area contributed by atoms with Gasteiger partial charge in [0.25, 0.3) is 5.91 Å². The van der Waals surface area contributed by atoms with E-state index in [4.69, 9.17) is 0 Å². The van der Waals surface area contributed by atoms with Gasteiger partial charge in [0.15, 0.2) is 9.84 Å². The number of nitrogens with zero attached hydrogens (tertiary/aromatic N) is 1. The lowest BCUT2D eigenvalue weighted by Gasteiger charge is -2.19. The fraction of sp³-hybridized carbons (Fsp3) is 0.429. The number of hydrogen-bond acceptors (Lipinski definition) is 4. The monoisotopic (exact) mass is 310 g/mol. The summed E-state index contributed by atoms with van der Waals surface area (Å²) in [6.07, 6.45) is 0.445. The first-order valence-corrected chi connectivity index (χ1v) is 8.61. The zero-order valence-electron chi connectivity index (χ0n) is 11.6. The van der Waals surface area contributed by atoms with E-state index in [0.717, 1.165) is 0 Å². The second kappa shape index (κ2) is 6.71. The fourth-order valence-electron chi connectivity index (χ4n) is 2.15. The van der Waals surface area contributed by atoms with Crippen LogP contribution in [-0.2, 0) is 14.6 Å². The van der Waals surface area contributed by atoms with Crippen LogP contribution in [0.15, 0.2) is 30.3 Å². The molecule has 114 valence electrons. The molecule has 1 aromatic rings. The van der Waals surface area contributed by atoms with Crippen LogP contribution in [-0.4, -0.2) is 56.3 Å². The third-order valence-electron chi connectivity index (χ3n) is 3.34. The highest BCUT2D eigenvalue weighted by molar-refractivity contribution is 7.91. The number of carbonyl (C=O) groups is 2. The highest BCUT2D eigenvalue weighted by atomic mass is 32.2. The second-order valence-electron chi connectivity index (χ2n) is 4.93. The number of amides is 2. The molecule has 21 heavy (non-hydrogen) atoms. The Morgan fingerprint density at radius 2 is 1.81 bits per heavy atom. The molecule has 1 saturated heterocycles. The van der Waals surface area contributed by atoms with Crippen molar-refractivity contribution in [3.63, 3.8) is 0 Å². The predicted molar refractivity (Wildman–Crippen MR) is 78.6 cm³/mol. The molecule has 2 rings (SSSR count). The summed E-state index contributed by atoms with van der Waals surface area (Å²) >= 11 is 0. The molecule has 0 bridgehead atoms. The van der Waals surface area contributed by atoms with Crippen molar-refractivity contribution in [1.29, 1.82) is 0 Å². The summed E-state index contributed by atoms with van der Waals surface area (Å²) in [5.41, 5.74) is 0.490. The third kappa shape index (κ3) is 4.56. The zero-order valence-corrected chi connectivity index (χ0v) is 12.4. The Morgan fingerprint density at radius 1 is 1.10 bits per heavy atom. The Hall–Kier alpha value is -1.89. The molecule has 1 aliphatic heterocycles. The summed E-state index contributed by atoms with van der Waals surface area (Å²) in [4.78, 5) is 25.3. The second-order valence-corrected chi connectivity index (χ2v) is 7.24. The van der Waals surface area contributed by atoms with Gasteiger partial charge in [0.05, 0.1) is 18.1 Å². The smallest absolute Gasteiger partial charge is 0.251 e. The number of hydrogen-bond donors (Lipinski definition) is 1. The van der Waals surface area contributed by atoms with Gasteiger partial charge in [-0.25, -0.2) is 8.42 Å². The summed E-state index contributed by atoms with van der Waals surface area (Å²) in [7, 11) is -3.04. The van der Waals surface area contributed by atoms with E-state index in [1.54, 1.807) is 30.3 Å². The minimum absolute atomic E-state index is 0.00856. The van der Waals surface area contributed by atoms with Crippen molar-refractivity contribution in [2.75, 3.05) is 31.1 Å². The molecule has 1 heterocycles. The number of nitrogens with one attached hydrogen (secondary N) is 1. The zero-order chi connectivity index (χ0) is 15.3. The van der Waals surface area contributed by atoms with Crippen molar-refractivity contribution in [1.82, 2.24) is 10.2 Å². The number of benzene rings is 1. The molecule has 2 amide bonds.